The number of benzene rings is 3. The first-order chi connectivity index (χ1) is 13.8. The first-order valence-electron chi connectivity index (χ1n) is 8.96. The maximum atomic E-state index is 5.71. The van der Waals surface area contributed by atoms with Crippen LogP contribution in [-0.4, -0.2) is 26.6 Å². The monoisotopic (exact) mass is 383 g/mol. The molecule has 0 saturated carbocycles. The lowest BCUT2D eigenvalue weighted by atomic mass is 10.0. The van der Waals surface area contributed by atoms with Crippen molar-refractivity contribution < 1.29 is 0 Å². The van der Waals surface area contributed by atoms with Gasteiger partial charge in [0.25, 0.3) is 0 Å². The van der Waals surface area contributed by atoms with Gasteiger partial charge in [0.15, 0.2) is 5.17 Å². The van der Waals surface area contributed by atoms with E-state index in [1.165, 1.54) is 22.9 Å². The summed E-state index contributed by atoms with van der Waals surface area (Å²) in [5, 5.41) is 8.77. The largest absolute Gasteiger partial charge is 0.377 e. The fraction of sp³-hybridized carbons (Fsp3) is 0.0455. The van der Waals surface area contributed by atoms with E-state index < -0.39 is 0 Å². The van der Waals surface area contributed by atoms with Crippen molar-refractivity contribution in [1.82, 2.24) is 9.97 Å². The van der Waals surface area contributed by atoms with Crippen LogP contribution in [0.2, 0.25) is 0 Å². The third-order valence-electron chi connectivity index (χ3n) is 4.72. The van der Waals surface area contributed by atoms with Crippen LogP contribution in [0.15, 0.2) is 83.0 Å². The smallest absolute Gasteiger partial charge is 0.180 e. The van der Waals surface area contributed by atoms with Crippen molar-refractivity contribution in [3.8, 4) is 22.5 Å². The number of nitrogens with zero attached hydrogens (tertiary/aromatic N) is 3. The standard InChI is InChI=1S/C22H17N5S/c23-22-27-26-19(13-28-22)17-7-4-8-18-20(17)25-21(24-18)16-11-9-15(10-12-16)14-5-2-1-3-6-14/h1-12H,13H2,(H2,23,27)(H,24,25). The van der Waals surface area contributed by atoms with Gasteiger partial charge in [0.05, 0.1) is 16.7 Å². The Bertz CT molecular complexity index is 1210. The summed E-state index contributed by atoms with van der Waals surface area (Å²) in [5.74, 6) is 1.54. The summed E-state index contributed by atoms with van der Waals surface area (Å²) in [6, 6.07) is 24.9. The number of aromatic amines is 1. The molecule has 3 N–H and O–H groups in total. The number of nitrogens with two attached hydrogens (primary N) is 1. The average Bonchev–Trinajstić information content (AvgIpc) is 3.20. The molecule has 5 nitrogen and oxygen atoms in total. The molecule has 3 aromatic carbocycles. The van der Waals surface area contributed by atoms with Gasteiger partial charge >= 0.3 is 0 Å². The number of hydrogen-bond acceptors (Lipinski definition) is 5. The van der Waals surface area contributed by atoms with Crippen LogP contribution in [0.1, 0.15) is 5.56 Å². The maximum absolute atomic E-state index is 5.71. The minimum atomic E-state index is 0.497. The van der Waals surface area contributed by atoms with Crippen molar-refractivity contribution >= 4 is 33.7 Å². The minimum Gasteiger partial charge on any atom is -0.377 e. The van der Waals surface area contributed by atoms with E-state index in [2.05, 4.69) is 51.6 Å². The summed E-state index contributed by atoms with van der Waals surface area (Å²) in [4.78, 5) is 8.28. The Balaban J connectivity index is 1.53. The van der Waals surface area contributed by atoms with Gasteiger partial charge in [-0.1, -0.05) is 78.5 Å². The molecular weight excluding hydrogens is 366 g/mol. The second-order valence-corrected chi connectivity index (χ2v) is 7.50. The number of thioether (sulfide) groups is 1. The highest BCUT2D eigenvalue weighted by molar-refractivity contribution is 8.14. The van der Waals surface area contributed by atoms with Crippen molar-refractivity contribution in [2.45, 2.75) is 0 Å². The molecule has 0 amide bonds. The molecule has 0 unspecified atom stereocenters. The normalized spacial score (nSPS) is 14.0. The molecule has 2 heterocycles. The Morgan fingerprint density at radius 1 is 0.786 bits per heavy atom. The highest BCUT2D eigenvalue weighted by Crippen LogP contribution is 2.27. The van der Waals surface area contributed by atoms with E-state index in [1.807, 2.05) is 36.4 Å². The molecule has 4 aromatic rings. The predicted molar refractivity (Wildman–Crippen MR) is 118 cm³/mol. The molecular formula is C22H17N5S. The third-order valence-corrected chi connectivity index (χ3v) is 5.51. The van der Waals surface area contributed by atoms with Crippen molar-refractivity contribution in [3.63, 3.8) is 0 Å². The van der Waals surface area contributed by atoms with Crippen LogP contribution in [0.3, 0.4) is 0 Å². The number of amidine groups is 1. The summed E-state index contributed by atoms with van der Waals surface area (Å²) in [5.41, 5.74) is 12.9. The molecule has 136 valence electrons. The Labute approximate surface area is 166 Å². The van der Waals surface area contributed by atoms with Crippen LogP contribution in [0.5, 0.6) is 0 Å². The van der Waals surface area contributed by atoms with Gasteiger partial charge < -0.3 is 10.7 Å². The third kappa shape index (κ3) is 3.08. The Kier molecular flexibility index (Phi) is 4.18. The lowest BCUT2D eigenvalue weighted by molar-refractivity contribution is 1.22. The summed E-state index contributed by atoms with van der Waals surface area (Å²) in [7, 11) is 0. The van der Waals surface area contributed by atoms with Crippen LogP contribution in [0, 0.1) is 0 Å². The number of fused-ring (bicyclic) bond motifs is 1. The molecule has 0 aliphatic carbocycles. The number of rotatable bonds is 3. The molecule has 5 rings (SSSR count). The number of H-pyrrole nitrogens is 1. The zero-order valence-electron chi connectivity index (χ0n) is 15.0. The van der Waals surface area contributed by atoms with Gasteiger partial charge in [-0.05, 0) is 17.2 Å². The summed E-state index contributed by atoms with van der Waals surface area (Å²) in [6.07, 6.45) is 0. The number of hydrogen-bond donors (Lipinski definition) is 2. The number of aromatic nitrogens is 2. The van der Waals surface area contributed by atoms with Crippen LogP contribution in [0.4, 0.5) is 0 Å². The fourth-order valence-electron chi connectivity index (χ4n) is 3.29. The summed E-state index contributed by atoms with van der Waals surface area (Å²) >= 11 is 1.49. The molecule has 28 heavy (non-hydrogen) atoms. The Morgan fingerprint density at radius 2 is 1.54 bits per heavy atom. The van der Waals surface area contributed by atoms with Gasteiger partial charge in [0.1, 0.15) is 5.82 Å². The first-order valence-corrected chi connectivity index (χ1v) is 9.94. The van der Waals surface area contributed by atoms with Crippen LogP contribution in [0.25, 0.3) is 33.5 Å². The zero-order valence-corrected chi connectivity index (χ0v) is 15.8. The van der Waals surface area contributed by atoms with Crippen molar-refractivity contribution in [2.75, 3.05) is 5.75 Å². The van der Waals surface area contributed by atoms with E-state index in [0.717, 1.165) is 33.7 Å². The molecule has 0 fully saturated rings. The van der Waals surface area contributed by atoms with Gasteiger partial charge in [-0.2, -0.15) is 5.10 Å². The topological polar surface area (TPSA) is 79.4 Å². The molecule has 1 aromatic heterocycles. The number of imidazole rings is 1. The highest BCUT2D eigenvalue weighted by Gasteiger charge is 2.16. The quantitative estimate of drug-likeness (QED) is 0.540. The molecule has 1 aliphatic heterocycles. The van der Waals surface area contributed by atoms with E-state index in [1.54, 1.807) is 0 Å². The molecule has 1 aliphatic rings. The van der Waals surface area contributed by atoms with E-state index in [-0.39, 0.29) is 0 Å². The molecule has 6 heteroatoms. The molecule has 0 atom stereocenters. The Hall–Kier alpha value is -3.38. The van der Waals surface area contributed by atoms with Gasteiger partial charge in [0, 0.05) is 16.9 Å². The van der Waals surface area contributed by atoms with Gasteiger partial charge in [0.2, 0.25) is 0 Å². The lowest BCUT2D eigenvalue weighted by Gasteiger charge is -2.09. The van der Waals surface area contributed by atoms with Gasteiger partial charge in [-0.15, -0.1) is 5.10 Å². The van der Waals surface area contributed by atoms with Crippen LogP contribution >= 0.6 is 11.8 Å². The SMILES string of the molecule is NC1=NN=C(c2cccc3[nH]c(-c4ccc(-c5ccccc5)cc4)nc23)CS1. The lowest BCUT2D eigenvalue weighted by Crippen LogP contribution is -2.16. The fourth-order valence-corrected chi connectivity index (χ4v) is 3.89. The zero-order chi connectivity index (χ0) is 18.9. The molecule has 0 saturated heterocycles. The van der Waals surface area contributed by atoms with Crippen LogP contribution < -0.4 is 5.73 Å². The number of para-hydroxylation sites is 1. The predicted octanol–water partition coefficient (Wildman–Crippen LogP) is 4.66. The molecule has 0 spiro atoms. The van der Waals surface area contributed by atoms with Gasteiger partial charge in [-0.25, -0.2) is 4.98 Å². The van der Waals surface area contributed by atoms with Gasteiger partial charge in [-0.3, -0.25) is 0 Å². The molecule has 0 radical (unpaired) electrons. The van der Waals surface area contributed by atoms with Crippen molar-refractivity contribution in [1.29, 1.82) is 0 Å². The van der Waals surface area contributed by atoms with E-state index in [9.17, 15) is 0 Å². The van der Waals surface area contributed by atoms with E-state index >= 15 is 0 Å². The minimum absolute atomic E-state index is 0.497. The summed E-state index contributed by atoms with van der Waals surface area (Å²) in [6.45, 7) is 0. The highest BCUT2D eigenvalue weighted by atomic mass is 32.2. The maximum Gasteiger partial charge on any atom is 0.180 e. The number of nitrogens with one attached hydrogen (secondary N) is 1. The van der Waals surface area contributed by atoms with Crippen LogP contribution in [-0.2, 0) is 0 Å². The average molecular weight is 383 g/mol. The van der Waals surface area contributed by atoms with Crippen molar-refractivity contribution in [3.05, 3.63) is 78.4 Å². The second-order valence-electron chi connectivity index (χ2n) is 6.50. The first kappa shape index (κ1) is 16.8. The summed E-state index contributed by atoms with van der Waals surface area (Å²) < 4.78 is 0. The van der Waals surface area contributed by atoms with E-state index in [4.69, 9.17) is 10.7 Å². The molecule has 0 bridgehead atoms. The second kappa shape index (κ2) is 6.98. The Morgan fingerprint density at radius 3 is 2.29 bits per heavy atom. The van der Waals surface area contributed by atoms with Crippen molar-refractivity contribution in [2.24, 2.45) is 15.9 Å². The van der Waals surface area contributed by atoms with E-state index in [0.29, 0.717) is 10.9 Å².